The third kappa shape index (κ3) is 3.02. The molecular weight excluding hydrogens is 248 g/mol. The fourth-order valence-corrected chi connectivity index (χ4v) is 1.69. The molecule has 2 rings (SSSR count). The molecule has 0 unspecified atom stereocenters. The van der Waals surface area contributed by atoms with Crippen LogP contribution < -0.4 is 5.43 Å². The first kappa shape index (κ1) is 12.5. The summed E-state index contributed by atoms with van der Waals surface area (Å²) in [6.07, 6.45) is 0. The SMILES string of the molecule is C/C(=N/Nc1ccccc1)c1cc(Cl)ccc1O. The van der Waals surface area contributed by atoms with E-state index in [-0.39, 0.29) is 5.75 Å². The Bertz CT molecular complexity index is 567. The second kappa shape index (κ2) is 5.56. The predicted octanol–water partition coefficient (Wildman–Crippen LogP) is 3.88. The molecule has 18 heavy (non-hydrogen) atoms. The van der Waals surface area contributed by atoms with Crippen molar-refractivity contribution in [1.82, 2.24) is 0 Å². The van der Waals surface area contributed by atoms with E-state index in [1.54, 1.807) is 25.1 Å². The molecule has 0 aliphatic carbocycles. The van der Waals surface area contributed by atoms with Crippen molar-refractivity contribution in [3.05, 3.63) is 59.1 Å². The summed E-state index contributed by atoms with van der Waals surface area (Å²) in [4.78, 5) is 0. The molecule has 4 heteroatoms. The van der Waals surface area contributed by atoms with Crippen LogP contribution in [0.3, 0.4) is 0 Å². The summed E-state index contributed by atoms with van der Waals surface area (Å²) < 4.78 is 0. The highest BCUT2D eigenvalue weighted by atomic mass is 35.5. The van der Waals surface area contributed by atoms with Crippen LogP contribution in [0.4, 0.5) is 5.69 Å². The zero-order chi connectivity index (χ0) is 13.0. The maximum Gasteiger partial charge on any atom is 0.124 e. The molecule has 0 atom stereocenters. The minimum Gasteiger partial charge on any atom is -0.507 e. The van der Waals surface area contributed by atoms with Crippen LogP contribution in [-0.4, -0.2) is 10.8 Å². The van der Waals surface area contributed by atoms with Gasteiger partial charge in [-0.25, -0.2) is 0 Å². The Morgan fingerprint density at radius 1 is 1.17 bits per heavy atom. The minimum absolute atomic E-state index is 0.163. The lowest BCUT2D eigenvalue weighted by molar-refractivity contribution is 0.474. The van der Waals surface area contributed by atoms with Crippen molar-refractivity contribution < 1.29 is 5.11 Å². The first-order valence-electron chi connectivity index (χ1n) is 5.51. The summed E-state index contributed by atoms with van der Waals surface area (Å²) in [5, 5.41) is 14.5. The van der Waals surface area contributed by atoms with Gasteiger partial charge in [-0.1, -0.05) is 29.8 Å². The van der Waals surface area contributed by atoms with Gasteiger partial charge in [0.1, 0.15) is 5.75 Å². The Morgan fingerprint density at radius 3 is 2.61 bits per heavy atom. The van der Waals surface area contributed by atoms with Gasteiger partial charge in [0.2, 0.25) is 0 Å². The standard InChI is InChI=1S/C14H13ClN2O/c1-10(13-9-11(15)7-8-14(13)18)16-17-12-5-3-2-4-6-12/h2-9,17-18H,1H3/b16-10-. The molecule has 0 fully saturated rings. The normalized spacial score (nSPS) is 11.3. The van der Waals surface area contributed by atoms with Gasteiger partial charge in [-0.05, 0) is 37.3 Å². The largest absolute Gasteiger partial charge is 0.507 e. The molecule has 92 valence electrons. The zero-order valence-corrected chi connectivity index (χ0v) is 10.6. The van der Waals surface area contributed by atoms with E-state index in [1.807, 2.05) is 30.3 Å². The van der Waals surface area contributed by atoms with Crippen LogP contribution in [-0.2, 0) is 0 Å². The lowest BCUT2D eigenvalue weighted by atomic mass is 10.1. The number of phenols is 1. The zero-order valence-electron chi connectivity index (χ0n) is 9.89. The van der Waals surface area contributed by atoms with Gasteiger partial charge in [-0.15, -0.1) is 0 Å². The molecule has 2 aromatic rings. The average molecular weight is 261 g/mol. The van der Waals surface area contributed by atoms with Crippen molar-refractivity contribution in [3.8, 4) is 5.75 Å². The van der Waals surface area contributed by atoms with Crippen LogP contribution in [0, 0.1) is 0 Å². The molecule has 2 N–H and O–H groups in total. The molecule has 3 nitrogen and oxygen atoms in total. The van der Waals surface area contributed by atoms with Gasteiger partial charge in [0.05, 0.1) is 11.4 Å². The molecule has 0 spiro atoms. The Kier molecular flexibility index (Phi) is 3.85. The van der Waals surface area contributed by atoms with Crippen molar-refractivity contribution in [1.29, 1.82) is 0 Å². The van der Waals surface area contributed by atoms with Crippen LogP contribution in [0.5, 0.6) is 5.75 Å². The second-order valence-corrected chi connectivity index (χ2v) is 4.27. The van der Waals surface area contributed by atoms with Crippen LogP contribution in [0.1, 0.15) is 12.5 Å². The molecule has 0 radical (unpaired) electrons. The minimum atomic E-state index is 0.163. The van der Waals surface area contributed by atoms with Crippen LogP contribution in [0.15, 0.2) is 53.6 Å². The number of benzene rings is 2. The number of phenolic OH excluding ortho intramolecular Hbond substituents is 1. The van der Waals surface area contributed by atoms with Crippen molar-refractivity contribution >= 4 is 23.0 Å². The number of nitrogens with one attached hydrogen (secondary N) is 1. The molecular formula is C14H13ClN2O. The van der Waals surface area contributed by atoms with Crippen molar-refractivity contribution in [2.45, 2.75) is 6.92 Å². The molecule has 0 saturated carbocycles. The summed E-state index contributed by atoms with van der Waals surface area (Å²) in [7, 11) is 0. The highest BCUT2D eigenvalue weighted by molar-refractivity contribution is 6.31. The monoisotopic (exact) mass is 260 g/mol. The lowest BCUT2D eigenvalue weighted by Gasteiger charge is -2.06. The third-order valence-corrected chi connectivity index (χ3v) is 2.71. The Labute approximate surface area is 111 Å². The van der Waals surface area contributed by atoms with Crippen molar-refractivity contribution in [2.24, 2.45) is 5.10 Å². The number of hydrogen-bond donors (Lipinski definition) is 2. The van der Waals surface area contributed by atoms with Gasteiger partial charge in [-0.3, -0.25) is 5.43 Å². The van der Waals surface area contributed by atoms with Gasteiger partial charge in [0, 0.05) is 10.6 Å². The summed E-state index contributed by atoms with van der Waals surface area (Å²) in [6, 6.07) is 14.5. The summed E-state index contributed by atoms with van der Waals surface area (Å²) >= 11 is 5.89. The fraction of sp³-hybridized carbons (Fsp3) is 0.0714. The quantitative estimate of drug-likeness (QED) is 0.650. The van der Waals surface area contributed by atoms with Gasteiger partial charge in [0.15, 0.2) is 0 Å². The lowest BCUT2D eigenvalue weighted by Crippen LogP contribution is -2.00. The van der Waals surface area contributed by atoms with E-state index in [4.69, 9.17) is 11.6 Å². The van der Waals surface area contributed by atoms with Gasteiger partial charge in [-0.2, -0.15) is 5.10 Å². The molecule has 0 aliphatic heterocycles. The smallest absolute Gasteiger partial charge is 0.124 e. The molecule has 0 amide bonds. The number of aromatic hydroxyl groups is 1. The number of nitrogens with zero attached hydrogens (tertiary/aromatic N) is 1. The van der Waals surface area contributed by atoms with E-state index in [9.17, 15) is 5.11 Å². The maximum atomic E-state index is 9.74. The Balaban J connectivity index is 2.20. The second-order valence-electron chi connectivity index (χ2n) is 3.84. The Hall–Kier alpha value is -2.00. The summed E-state index contributed by atoms with van der Waals surface area (Å²) in [6.45, 7) is 1.81. The predicted molar refractivity (Wildman–Crippen MR) is 75.4 cm³/mol. The van der Waals surface area contributed by atoms with Crippen LogP contribution in [0.2, 0.25) is 5.02 Å². The number of hydrazone groups is 1. The van der Waals surface area contributed by atoms with Crippen molar-refractivity contribution in [3.63, 3.8) is 0 Å². The molecule has 0 heterocycles. The summed E-state index contributed by atoms with van der Waals surface area (Å²) in [5.74, 6) is 0.163. The van der Waals surface area contributed by atoms with Crippen molar-refractivity contribution in [2.75, 3.05) is 5.43 Å². The van der Waals surface area contributed by atoms with E-state index in [0.29, 0.717) is 16.3 Å². The number of hydrogen-bond acceptors (Lipinski definition) is 3. The fourth-order valence-electron chi connectivity index (χ4n) is 1.52. The van der Waals surface area contributed by atoms with E-state index >= 15 is 0 Å². The van der Waals surface area contributed by atoms with E-state index < -0.39 is 0 Å². The van der Waals surface area contributed by atoms with E-state index in [2.05, 4.69) is 10.5 Å². The van der Waals surface area contributed by atoms with Crippen LogP contribution >= 0.6 is 11.6 Å². The molecule has 2 aromatic carbocycles. The molecule has 0 saturated heterocycles. The van der Waals surface area contributed by atoms with Gasteiger partial charge in [0.25, 0.3) is 0 Å². The molecule has 0 aromatic heterocycles. The highest BCUT2D eigenvalue weighted by Gasteiger charge is 2.05. The maximum absolute atomic E-state index is 9.74. The Morgan fingerprint density at radius 2 is 1.89 bits per heavy atom. The number of anilines is 1. The van der Waals surface area contributed by atoms with E-state index in [0.717, 1.165) is 5.69 Å². The topological polar surface area (TPSA) is 44.6 Å². The highest BCUT2D eigenvalue weighted by Crippen LogP contribution is 2.22. The molecule has 0 aliphatic rings. The molecule has 0 bridgehead atoms. The first-order chi connectivity index (χ1) is 8.66. The van der Waals surface area contributed by atoms with Gasteiger partial charge < -0.3 is 5.11 Å². The average Bonchev–Trinajstić information content (AvgIpc) is 2.40. The van der Waals surface area contributed by atoms with Crippen LogP contribution in [0.25, 0.3) is 0 Å². The first-order valence-corrected chi connectivity index (χ1v) is 5.89. The number of rotatable bonds is 3. The third-order valence-electron chi connectivity index (χ3n) is 2.47. The number of halogens is 1. The number of para-hydroxylation sites is 1. The summed E-state index contributed by atoms with van der Waals surface area (Å²) in [5.41, 5.74) is 5.09. The van der Waals surface area contributed by atoms with Gasteiger partial charge >= 0.3 is 0 Å². The van der Waals surface area contributed by atoms with E-state index in [1.165, 1.54) is 0 Å².